The quantitative estimate of drug-likeness (QED) is 0.839. The summed E-state index contributed by atoms with van der Waals surface area (Å²) in [6.07, 6.45) is 0. The number of rotatable bonds is 3. The molecule has 1 rings (SSSR count). The minimum Gasteiger partial charge on any atom is -0.348 e. The van der Waals surface area contributed by atoms with E-state index >= 15 is 0 Å². The minimum atomic E-state index is -0.0754. The molecule has 0 unspecified atom stereocenters. The molecule has 2 nitrogen and oxygen atoms in total. The molecule has 0 spiro atoms. The van der Waals surface area contributed by atoms with Crippen LogP contribution in [0.3, 0.4) is 0 Å². The summed E-state index contributed by atoms with van der Waals surface area (Å²) < 4.78 is 0.851. The lowest BCUT2D eigenvalue weighted by molar-refractivity contribution is 0.0956. The van der Waals surface area contributed by atoms with E-state index < -0.39 is 0 Å². The van der Waals surface area contributed by atoms with E-state index in [1.165, 1.54) is 0 Å². The zero-order chi connectivity index (χ0) is 11.4. The van der Waals surface area contributed by atoms with E-state index in [0.717, 1.165) is 15.6 Å². The third-order valence-electron chi connectivity index (χ3n) is 1.99. The maximum Gasteiger partial charge on any atom is 0.252 e. The SMILES string of the molecule is C=C(C)CNC(=O)c1cccc(C)c1Br. The van der Waals surface area contributed by atoms with Gasteiger partial charge >= 0.3 is 0 Å². The maximum atomic E-state index is 11.7. The van der Waals surface area contributed by atoms with Crippen LogP contribution in [0.4, 0.5) is 0 Å². The third kappa shape index (κ3) is 3.20. The fourth-order valence-electron chi connectivity index (χ4n) is 1.15. The van der Waals surface area contributed by atoms with E-state index in [0.29, 0.717) is 12.1 Å². The molecule has 0 heterocycles. The molecule has 1 N–H and O–H groups in total. The summed E-state index contributed by atoms with van der Waals surface area (Å²) >= 11 is 3.40. The second-order valence-corrected chi connectivity index (χ2v) is 4.37. The van der Waals surface area contributed by atoms with Crippen molar-refractivity contribution >= 4 is 21.8 Å². The zero-order valence-corrected chi connectivity index (χ0v) is 10.5. The molecule has 3 heteroatoms. The number of benzene rings is 1. The second kappa shape index (κ2) is 5.12. The van der Waals surface area contributed by atoms with Crippen LogP contribution in [0.1, 0.15) is 22.8 Å². The molecule has 0 aliphatic rings. The minimum absolute atomic E-state index is 0.0754. The van der Waals surface area contributed by atoms with Crippen molar-refractivity contribution in [3.63, 3.8) is 0 Å². The Labute approximate surface area is 98.5 Å². The molecule has 0 saturated heterocycles. The average molecular weight is 268 g/mol. The van der Waals surface area contributed by atoms with Crippen molar-refractivity contribution in [2.24, 2.45) is 0 Å². The van der Waals surface area contributed by atoms with Crippen molar-refractivity contribution in [1.82, 2.24) is 5.32 Å². The molecule has 80 valence electrons. The van der Waals surface area contributed by atoms with Gasteiger partial charge in [-0.25, -0.2) is 0 Å². The van der Waals surface area contributed by atoms with Gasteiger partial charge in [-0.15, -0.1) is 0 Å². The van der Waals surface area contributed by atoms with Crippen LogP contribution in [0.5, 0.6) is 0 Å². The van der Waals surface area contributed by atoms with Crippen LogP contribution in [-0.2, 0) is 0 Å². The van der Waals surface area contributed by atoms with Gasteiger partial charge in [-0.1, -0.05) is 24.3 Å². The molecule has 0 bridgehead atoms. The lowest BCUT2D eigenvalue weighted by Gasteiger charge is -2.08. The first-order valence-electron chi connectivity index (χ1n) is 4.70. The Kier molecular flexibility index (Phi) is 4.09. The van der Waals surface area contributed by atoms with Gasteiger partial charge in [0.15, 0.2) is 0 Å². The molecule has 0 aliphatic carbocycles. The number of amides is 1. The molecule has 0 aromatic heterocycles. The van der Waals surface area contributed by atoms with Crippen LogP contribution in [0.25, 0.3) is 0 Å². The van der Waals surface area contributed by atoms with E-state index in [-0.39, 0.29) is 5.91 Å². The molecular formula is C12H14BrNO. The van der Waals surface area contributed by atoms with Crippen LogP contribution < -0.4 is 5.32 Å². The summed E-state index contributed by atoms with van der Waals surface area (Å²) in [6, 6.07) is 5.63. The average Bonchev–Trinajstić information content (AvgIpc) is 2.18. The molecule has 0 radical (unpaired) electrons. The van der Waals surface area contributed by atoms with E-state index in [1.807, 2.05) is 26.0 Å². The molecule has 0 saturated carbocycles. The second-order valence-electron chi connectivity index (χ2n) is 3.58. The third-order valence-corrected chi connectivity index (χ3v) is 3.04. The highest BCUT2D eigenvalue weighted by molar-refractivity contribution is 9.10. The Morgan fingerprint density at radius 2 is 2.20 bits per heavy atom. The van der Waals surface area contributed by atoms with Crippen LogP contribution in [0.15, 0.2) is 34.8 Å². The Morgan fingerprint density at radius 3 is 2.80 bits per heavy atom. The summed E-state index contributed by atoms with van der Waals surface area (Å²) in [5, 5.41) is 2.80. The Hall–Kier alpha value is -1.09. The number of hydrogen-bond acceptors (Lipinski definition) is 1. The van der Waals surface area contributed by atoms with Gasteiger partial charge in [0.1, 0.15) is 0 Å². The first kappa shape index (κ1) is 12.0. The largest absolute Gasteiger partial charge is 0.348 e. The van der Waals surface area contributed by atoms with Gasteiger partial charge in [0.25, 0.3) is 5.91 Å². The normalized spacial score (nSPS) is 9.80. The highest BCUT2D eigenvalue weighted by atomic mass is 79.9. The molecule has 1 aromatic rings. The van der Waals surface area contributed by atoms with Crippen molar-refractivity contribution in [3.05, 3.63) is 46.0 Å². The van der Waals surface area contributed by atoms with Crippen molar-refractivity contribution < 1.29 is 4.79 Å². The lowest BCUT2D eigenvalue weighted by atomic mass is 10.1. The van der Waals surface area contributed by atoms with Crippen molar-refractivity contribution in [2.45, 2.75) is 13.8 Å². The molecule has 15 heavy (non-hydrogen) atoms. The number of hydrogen-bond donors (Lipinski definition) is 1. The van der Waals surface area contributed by atoms with E-state index in [2.05, 4.69) is 27.8 Å². The molecule has 1 aromatic carbocycles. The first-order valence-corrected chi connectivity index (χ1v) is 5.49. The smallest absolute Gasteiger partial charge is 0.252 e. The number of aryl methyl sites for hydroxylation is 1. The summed E-state index contributed by atoms with van der Waals surface area (Å²) in [5.74, 6) is -0.0754. The summed E-state index contributed by atoms with van der Waals surface area (Å²) in [4.78, 5) is 11.7. The predicted molar refractivity (Wildman–Crippen MR) is 66.0 cm³/mol. The van der Waals surface area contributed by atoms with Crippen molar-refractivity contribution in [3.8, 4) is 0 Å². The van der Waals surface area contributed by atoms with Gasteiger partial charge in [-0.05, 0) is 41.4 Å². The predicted octanol–water partition coefficient (Wildman–Crippen LogP) is 3.06. The van der Waals surface area contributed by atoms with Gasteiger partial charge in [0.2, 0.25) is 0 Å². The first-order chi connectivity index (χ1) is 7.02. The van der Waals surface area contributed by atoms with Crippen LogP contribution >= 0.6 is 15.9 Å². The van der Waals surface area contributed by atoms with E-state index in [9.17, 15) is 4.79 Å². The van der Waals surface area contributed by atoms with Crippen molar-refractivity contribution in [1.29, 1.82) is 0 Å². The number of nitrogens with one attached hydrogen (secondary N) is 1. The van der Waals surface area contributed by atoms with Crippen molar-refractivity contribution in [2.75, 3.05) is 6.54 Å². The molecular weight excluding hydrogens is 254 g/mol. The molecule has 0 fully saturated rings. The van der Waals surface area contributed by atoms with Gasteiger partial charge < -0.3 is 5.32 Å². The Morgan fingerprint density at radius 1 is 1.53 bits per heavy atom. The van der Waals surface area contributed by atoms with Gasteiger partial charge in [-0.3, -0.25) is 4.79 Å². The van der Waals surface area contributed by atoms with Gasteiger partial charge in [0, 0.05) is 11.0 Å². The zero-order valence-electron chi connectivity index (χ0n) is 8.93. The fraction of sp³-hybridized carbons (Fsp3) is 0.250. The Balaban J connectivity index is 2.82. The number of halogens is 1. The summed E-state index contributed by atoms with van der Waals surface area (Å²) in [6.45, 7) is 8.09. The number of carbonyl (C=O) groups excluding carboxylic acids is 1. The number of carbonyl (C=O) groups is 1. The molecule has 1 amide bonds. The molecule has 0 aliphatic heterocycles. The highest BCUT2D eigenvalue weighted by Gasteiger charge is 2.10. The van der Waals surface area contributed by atoms with Crippen LogP contribution in [0.2, 0.25) is 0 Å². The van der Waals surface area contributed by atoms with Gasteiger partial charge in [-0.2, -0.15) is 0 Å². The van der Waals surface area contributed by atoms with Crippen LogP contribution in [0, 0.1) is 6.92 Å². The van der Waals surface area contributed by atoms with Gasteiger partial charge in [0.05, 0.1) is 5.56 Å². The summed E-state index contributed by atoms with van der Waals surface area (Å²) in [5.41, 5.74) is 2.65. The maximum absolute atomic E-state index is 11.7. The van der Waals surface area contributed by atoms with E-state index in [4.69, 9.17) is 0 Å². The Bertz CT molecular complexity index is 399. The topological polar surface area (TPSA) is 29.1 Å². The summed E-state index contributed by atoms with van der Waals surface area (Å²) in [7, 11) is 0. The lowest BCUT2D eigenvalue weighted by Crippen LogP contribution is -2.25. The fourth-order valence-corrected chi connectivity index (χ4v) is 1.59. The van der Waals surface area contributed by atoms with Crippen LogP contribution in [-0.4, -0.2) is 12.5 Å². The highest BCUT2D eigenvalue weighted by Crippen LogP contribution is 2.20. The molecule has 0 atom stereocenters. The standard InChI is InChI=1S/C12H14BrNO/c1-8(2)7-14-12(15)10-6-4-5-9(3)11(10)13/h4-6H,1,7H2,2-3H3,(H,14,15). The van der Waals surface area contributed by atoms with E-state index in [1.54, 1.807) is 6.07 Å². The monoisotopic (exact) mass is 267 g/mol.